The van der Waals surface area contributed by atoms with E-state index in [1.807, 2.05) is 24.7 Å². The lowest BCUT2D eigenvalue weighted by atomic mass is 10.1. The van der Waals surface area contributed by atoms with Crippen LogP contribution >= 0.6 is 11.3 Å². The predicted molar refractivity (Wildman–Crippen MR) is 108 cm³/mol. The molecule has 0 atom stereocenters. The van der Waals surface area contributed by atoms with Gasteiger partial charge < -0.3 is 20.5 Å². The summed E-state index contributed by atoms with van der Waals surface area (Å²) in [5.74, 6) is 0.597. The van der Waals surface area contributed by atoms with Gasteiger partial charge in [-0.25, -0.2) is 4.98 Å². The molecule has 0 spiro atoms. The number of carbonyl (C=O) groups is 1. The average Bonchev–Trinajstić information content (AvgIpc) is 3.21. The third kappa shape index (κ3) is 3.46. The monoisotopic (exact) mass is 399 g/mol. The van der Waals surface area contributed by atoms with Crippen LogP contribution < -0.4 is 10.6 Å². The number of aryl methyl sites for hydroxylation is 2. The molecule has 0 radical (unpaired) electrons. The van der Waals surface area contributed by atoms with Crippen LogP contribution in [0, 0.1) is 20.8 Å². The molecule has 3 heterocycles. The minimum absolute atomic E-state index is 0.149. The van der Waals surface area contributed by atoms with Crippen LogP contribution in [0.2, 0.25) is 0 Å². The lowest BCUT2D eigenvalue weighted by molar-refractivity contribution is -0.0285. The van der Waals surface area contributed by atoms with Crippen molar-refractivity contribution in [1.29, 1.82) is 0 Å². The molecule has 4 rings (SSSR count). The average molecular weight is 399 g/mol. The van der Waals surface area contributed by atoms with Crippen molar-refractivity contribution in [3.05, 3.63) is 46.1 Å². The molecule has 3 aromatic rings. The number of ether oxygens (including phenoxy) is 1. The van der Waals surface area contributed by atoms with E-state index in [-0.39, 0.29) is 17.7 Å². The van der Waals surface area contributed by atoms with Crippen molar-refractivity contribution in [1.82, 2.24) is 14.8 Å². The van der Waals surface area contributed by atoms with Gasteiger partial charge in [0.15, 0.2) is 10.9 Å². The molecule has 1 aromatic carbocycles. The van der Waals surface area contributed by atoms with E-state index in [1.165, 1.54) is 17.5 Å². The summed E-state index contributed by atoms with van der Waals surface area (Å²) in [5, 5.41) is 21.1. The first-order chi connectivity index (χ1) is 13.4. The molecular weight excluding hydrogens is 378 g/mol. The molecule has 1 amide bonds. The minimum Gasteiger partial charge on any atom is -0.508 e. The summed E-state index contributed by atoms with van der Waals surface area (Å²) in [6, 6.07) is 3.66. The Labute approximate surface area is 166 Å². The van der Waals surface area contributed by atoms with Crippen LogP contribution in [-0.4, -0.2) is 39.0 Å². The summed E-state index contributed by atoms with van der Waals surface area (Å²) in [7, 11) is 0. The second-order valence-corrected chi connectivity index (χ2v) is 7.87. The van der Waals surface area contributed by atoms with Crippen molar-refractivity contribution in [2.24, 2.45) is 0 Å². The number of thiazole rings is 1. The number of amides is 1. The second-order valence-electron chi connectivity index (χ2n) is 6.84. The minimum atomic E-state index is -0.267. The van der Waals surface area contributed by atoms with Gasteiger partial charge in [0.1, 0.15) is 10.6 Å². The molecule has 1 fully saturated rings. The topological polar surface area (TPSA) is 101 Å². The van der Waals surface area contributed by atoms with Gasteiger partial charge in [-0.15, -0.1) is 0 Å². The number of carbonyl (C=O) groups excluding carboxylic acids is 1. The molecule has 28 heavy (non-hydrogen) atoms. The predicted octanol–water partition coefficient (Wildman–Crippen LogP) is 3.54. The Kier molecular flexibility index (Phi) is 4.78. The van der Waals surface area contributed by atoms with E-state index < -0.39 is 0 Å². The standard InChI is InChI=1S/C19H21N5O3S/c1-10-4-5-14(25)12(3)16(10)21-18(26)15-6-20-19(28-15)22-17-11(2)7-24(23-17)13-8-27-9-13/h4-7,13,25H,8-9H2,1-3H3,(H,21,26)(H,20,22,23). The van der Waals surface area contributed by atoms with Gasteiger partial charge in [0.05, 0.1) is 31.1 Å². The highest BCUT2D eigenvalue weighted by Gasteiger charge is 2.22. The van der Waals surface area contributed by atoms with Crippen molar-refractivity contribution in [2.75, 3.05) is 23.8 Å². The number of hydrogen-bond donors (Lipinski definition) is 3. The normalized spacial score (nSPS) is 14.0. The number of aromatic nitrogens is 3. The summed E-state index contributed by atoms with van der Waals surface area (Å²) in [5.41, 5.74) is 3.13. The van der Waals surface area contributed by atoms with Gasteiger partial charge >= 0.3 is 0 Å². The zero-order valence-corrected chi connectivity index (χ0v) is 16.6. The molecule has 0 aliphatic carbocycles. The number of anilines is 3. The molecular formula is C19H21N5O3S. The number of nitrogens with one attached hydrogen (secondary N) is 2. The fourth-order valence-corrected chi connectivity index (χ4v) is 3.62. The van der Waals surface area contributed by atoms with Crippen molar-refractivity contribution in [3.63, 3.8) is 0 Å². The van der Waals surface area contributed by atoms with Crippen LogP contribution in [-0.2, 0) is 4.74 Å². The third-order valence-corrected chi connectivity index (χ3v) is 5.66. The SMILES string of the molecule is Cc1cn(C2COC2)nc1Nc1ncc(C(=O)Nc2c(C)ccc(O)c2C)s1. The molecule has 1 aliphatic heterocycles. The molecule has 0 bridgehead atoms. The smallest absolute Gasteiger partial charge is 0.267 e. The fourth-order valence-electron chi connectivity index (χ4n) is 2.91. The van der Waals surface area contributed by atoms with Crippen molar-refractivity contribution in [3.8, 4) is 5.75 Å². The van der Waals surface area contributed by atoms with E-state index in [0.717, 1.165) is 11.1 Å². The van der Waals surface area contributed by atoms with Gasteiger partial charge in [-0.2, -0.15) is 5.10 Å². The second kappa shape index (κ2) is 7.25. The number of aromatic hydroxyl groups is 1. The quantitative estimate of drug-likeness (QED) is 0.607. The van der Waals surface area contributed by atoms with Crippen LogP contribution in [0.15, 0.2) is 24.5 Å². The molecule has 2 aromatic heterocycles. The zero-order chi connectivity index (χ0) is 19.8. The maximum absolute atomic E-state index is 12.6. The maximum Gasteiger partial charge on any atom is 0.267 e. The number of phenols is 1. The van der Waals surface area contributed by atoms with Crippen LogP contribution in [0.5, 0.6) is 5.75 Å². The van der Waals surface area contributed by atoms with Gasteiger partial charge in [-0.1, -0.05) is 17.4 Å². The van der Waals surface area contributed by atoms with E-state index in [9.17, 15) is 9.90 Å². The Morgan fingerprint density at radius 2 is 2.07 bits per heavy atom. The molecule has 3 N–H and O–H groups in total. The van der Waals surface area contributed by atoms with E-state index in [2.05, 4.69) is 20.7 Å². The van der Waals surface area contributed by atoms with Crippen molar-refractivity contribution in [2.45, 2.75) is 26.8 Å². The summed E-state index contributed by atoms with van der Waals surface area (Å²) in [6.45, 7) is 6.98. The lowest BCUT2D eigenvalue weighted by Gasteiger charge is -2.25. The first-order valence-electron chi connectivity index (χ1n) is 8.89. The number of rotatable bonds is 5. The van der Waals surface area contributed by atoms with E-state index in [0.29, 0.717) is 40.3 Å². The van der Waals surface area contributed by atoms with Crippen LogP contribution in [0.3, 0.4) is 0 Å². The first kappa shape index (κ1) is 18.5. The third-order valence-electron chi connectivity index (χ3n) is 4.75. The Bertz CT molecular complexity index is 1040. The maximum atomic E-state index is 12.6. The number of nitrogens with zero attached hydrogens (tertiary/aromatic N) is 3. The Morgan fingerprint density at radius 1 is 1.29 bits per heavy atom. The van der Waals surface area contributed by atoms with Gasteiger partial charge in [-0.3, -0.25) is 9.48 Å². The highest BCUT2D eigenvalue weighted by Crippen LogP contribution is 2.30. The fraction of sp³-hybridized carbons (Fsp3) is 0.316. The summed E-state index contributed by atoms with van der Waals surface area (Å²) < 4.78 is 7.11. The lowest BCUT2D eigenvalue weighted by Crippen LogP contribution is -2.30. The van der Waals surface area contributed by atoms with Crippen molar-refractivity contribution < 1.29 is 14.6 Å². The molecule has 8 nitrogen and oxygen atoms in total. The van der Waals surface area contributed by atoms with E-state index >= 15 is 0 Å². The van der Waals surface area contributed by atoms with E-state index in [1.54, 1.807) is 19.1 Å². The summed E-state index contributed by atoms with van der Waals surface area (Å²) in [6.07, 6.45) is 3.51. The van der Waals surface area contributed by atoms with Crippen LogP contribution in [0.25, 0.3) is 0 Å². The molecule has 1 saturated heterocycles. The number of benzene rings is 1. The first-order valence-corrected chi connectivity index (χ1v) is 9.71. The zero-order valence-electron chi connectivity index (χ0n) is 15.8. The molecule has 9 heteroatoms. The Morgan fingerprint density at radius 3 is 2.79 bits per heavy atom. The van der Waals surface area contributed by atoms with Gasteiger partial charge in [0.25, 0.3) is 5.91 Å². The summed E-state index contributed by atoms with van der Waals surface area (Å²) >= 11 is 1.25. The van der Waals surface area contributed by atoms with Gasteiger partial charge in [0, 0.05) is 17.3 Å². The molecule has 0 unspecified atom stereocenters. The number of phenolic OH excluding ortho intramolecular Hbond substituents is 1. The highest BCUT2D eigenvalue weighted by molar-refractivity contribution is 7.17. The van der Waals surface area contributed by atoms with Gasteiger partial charge in [0.2, 0.25) is 0 Å². The van der Waals surface area contributed by atoms with Crippen molar-refractivity contribution >= 4 is 33.9 Å². The molecule has 0 saturated carbocycles. The summed E-state index contributed by atoms with van der Waals surface area (Å²) in [4.78, 5) is 17.4. The Hall–Kier alpha value is -2.91. The van der Waals surface area contributed by atoms with Crippen LogP contribution in [0.4, 0.5) is 16.6 Å². The van der Waals surface area contributed by atoms with E-state index in [4.69, 9.17) is 4.74 Å². The van der Waals surface area contributed by atoms with Crippen LogP contribution in [0.1, 0.15) is 32.4 Å². The van der Waals surface area contributed by atoms with Gasteiger partial charge in [-0.05, 0) is 32.4 Å². The molecule has 146 valence electrons. The Balaban J connectivity index is 1.48. The largest absolute Gasteiger partial charge is 0.508 e. The highest BCUT2D eigenvalue weighted by atomic mass is 32.1. The number of hydrogen-bond acceptors (Lipinski definition) is 7. The molecule has 1 aliphatic rings.